The predicted molar refractivity (Wildman–Crippen MR) is 76.5 cm³/mol. The molecule has 1 atom stereocenters. The molecule has 1 heterocycles. The molecule has 114 valence electrons. The lowest BCUT2D eigenvalue weighted by atomic mass is 10.1. The van der Waals surface area contributed by atoms with Crippen molar-refractivity contribution in [1.82, 2.24) is 20.2 Å². The number of sulfonamides is 1. The van der Waals surface area contributed by atoms with E-state index in [0.717, 1.165) is 0 Å². The third kappa shape index (κ3) is 3.66. The third-order valence-corrected chi connectivity index (χ3v) is 4.55. The normalized spacial score (nSPS) is 13.3. The first-order chi connectivity index (χ1) is 9.94. The summed E-state index contributed by atoms with van der Waals surface area (Å²) in [6, 6.07) is 5.26. The molecule has 6 nitrogen and oxygen atoms in total. The van der Waals surface area contributed by atoms with Crippen LogP contribution in [0.25, 0.3) is 0 Å². The van der Waals surface area contributed by atoms with Crippen LogP contribution in [0.5, 0.6) is 0 Å². The second kappa shape index (κ2) is 6.33. The summed E-state index contributed by atoms with van der Waals surface area (Å²) in [5.74, 6) is -0.407. The molecular weight excluding hydrogens is 295 g/mol. The molecule has 0 saturated carbocycles. The van der Waals surface area contributed by atoms with E-state index >= 15 is 0 Å². The van der Waals surface area contributed by atoms with E-state index in [0.29, 0.717) is 17.7 Å². The van der Waals surface area contributed by atoms with Gasteiger partial charge in [0, 0.05) is 18.2 Å². The lowest BCUT2D eigenvalue weighted by Gasteiger charge is -2.14. The van der Waals surface area contributed by atoms with E-state index in [1.165, 1.54) is 24.4 Å². The molecular formula is C13H17FN4O2S. The molecule has 0 radical (unpaired) electrons. The van der Waals surface area contributed by atoms with Gasteiger partial charge >= 0.3 is 0 Å². The molecule has 0 fully saturated rings. The standard InChI is InChI=1S/C13H17FN4O2S/c1-9(10-4-3-5-12(14)6-10)18-21(19,20)13-11(7-15-2)8-16-17-13/h3-6,8-9,15,18H,7H2,1-2H3,(H,16,17). The third-order valence-electron chi connectivity index (χ3n) is 2.99. The number of benzene rings is 1. The first kappa shape index (κ1) is 15.6. The molecule has 0 saturated heterocycles. The largest absolute Gasteiger partial charge is 0.316 e. The van der Waals surface area contributed by atoms with Crippen LogP contribution in [0, 0.1) is 5.82 Å². The summed E-state index contributed by atoms with van der Waals surface area (Å²) in [6.45, 7) is 2.03. The number of halogens is 1. The fraction of sp³-hybridized carbons (Fsp3) is 0.308. The van der Waals surface area contributed by atoms with Gasteiger partial charge in [0.15, 0.2) is 5.03 Å². The van der Waals surface area contributed by atoms with Crippen molar-refractivity contribution in [2.24, 2.45) is 0 Å². The highest BCUT2D eigenvalue weighted by Gasteiger charge is 2.23. The number of nitrogens with one attached hydrogen (secondary N) is 3. The van der Waals surface area contributed by atoms with Gasteiger partial charge in [0.05, 0.1) is 6.20 Å². The Kier molecular flexibility index (Phi) is 4.71. The molecule has 0 spiro atoms. The summed E-state index contributed by atoms with van der Waals surface area (Å²) < 4.78 is 40.4. The molecule has 3 N–H and O–H groups in total. The minimum absolute atomic E-state index is 0.0140. The predicted octanol–water partition coefficient (Wildman–Crippen LogP) is 1.31. The highest BCUT2D eigenvalue weighted by Crippen LogP contribution is 2.18. The highest BCUT2D eigenvalue weighted by molar-refractivity contribution is 7.89. The van der Waals surface area contributed by atoms with Gasteiger partial charge in [-0.1, -0.05) is 12.1 Å². The Morgan fingerprint density at radius 1 is 1.43 bits per heavy atom. The summed E-state index contributed by atoms with van der Waals surface area (Å²) in [5.41, 5.74) is 1.09. The van der Waals surface area contributed by atoms with Gasteiger partial charge in [0.25, 0.3) is 10.0 Å². The van der Waals surface area contributed by atoms with E-state index in [2.05, 4.69) is 20.2 Å². The second-order valence-corrected chi connectivity index (χ2v) is 6.30. The fourth-order valence-corrected chi connectivity index (χ4v) is 3.35. The number of aromatic nitrogens is 2. The Labute approximate surface area is 122 Å². The number of H-pyrrole nitrogens is 1. The molecule has 0 amide bonds. The van der Waals surface area contributed by atoms with E-state index in [1.54, 1.807) is 20.0 Å². The zero-order valence-electron chi connectivity index (χ0n) is 11.7. The van der Waals surface area contributed by atoms with Gasteiger partial charge in [-0.25, -0.2) is 17.5 Å². The highest BCUT2D eigenvalue weighted by atomic mass is 32.2. The Balaban J connectivity index is 2.23. The molecule has 1 aromatic heterocycles. The van der Waals surface area contributed by atoms with Crippen LogP contribution < -0.4 is 10.0 Å². The van der Waals surface area contributed by atoms with Crippen molar-refractivity contribution in [2.75, 3.05) is 7.05 Å². The van der Waals surface area contributed by atoms with E-state index in [9.17, 15) is 12.8 Å². The maximum Gasteiger partial charge on any atom is 0.258 e. The van der Waals surface area contributed by atoms with Crippen molar-refractivity contribution in [3.8, 4) is 0 Å². The zero-order valence-corrected chi connectivity index (χ0v) is 12.5. The van der Waals surface area contributed by atoms with Crippen LogP contribution in [0.2, 0.25) is 0 Å². The number of aromatic amines is 1. The van der Waals surface area contributed by atoms with Gasteiger partial charge in [-0.05, 0) is 31.7 Å². The number of nitrogens with zero attached hydrogens (tertiary/aromatic N) is 1. The van der Waals surface area contributed by atoms with Crippen molar-refractivity contribution in [3.63, 3.8) is 0 Å². The second-order valence-electron chi connectivity index (χ2n) is 4.65. The quantitative estimate of drug-likeness (QED) is 0.750. The number of hydrogen-bond donors (Lipinski definition) is 3. The fourth-order valence-electron chi connectivity index (χ4n) is 1.98. The molecule has 0 aliphatic heterocycles. The summed E-state index contributed by atoms with van der Waals surface area (Å²) >= 11 is 0. The summed E-state index contributed by atoms with van der Waals surface area (Å²) in [6.07, 6.45) is 1.46. The van der Waals surface area contributed by atoms with Gasteiger partial charge in [-0.3, -0.25) is 5.10 Å². The number of rotatable bonds is 6. The van der Waals surface area contributed by atoms with Crippen LogP contribution in [0.15, 0.2) is 35.5 Å². The van der Waals surface area contributed by atoms with Crippen LogP contribution in [0.3, 0.4) is 0 Å². The van der Waals surface area contributed by atoms with E-state index < -0.39 is 21.9 Å². The minimum atomic E-state index is -3.76. The van der Waals surface area contributed by atoms with Crippen molar-refractivity contribution >= 4 is 10.0 Å². The molecule has 2 rings (SSSR count). The van der Waals surface area contributed by atoms with Crippen LogP contribution in [0.1, 0.15) is 24.1 Å². The maximum atomic E-state index is 13.2. The van der Waals surface area contributed by atoms with Gasteiger partial charge < -0.3 is 5.32 Å². The lowest BCUT2D eigenvalue weighted by Crippen LogP contribution is -2.28. The molecule has 0 aliphatic carbocycles. The first-order valence-electron chi connectivity index (χ1n) is 6.38. The van der Waals surface area contributed by atoms with E-state index in [1.807, 2.05) is 0 Å². The van der Waals surface area contributed by atoms with E-state index in [-0.39, 0.29) is 5.03 Å². The van der Waals surface area contributed by atoms with Gasteiger partial charge in [0.1, 0.15) is 5.82 Å². The Morgan fingerprint density at radius 3 is 2.86 bits per heavy atom. The van der Waals surface area contributed by atoms with Gasteiger partial charge in [-0.15, -0.1) is 0 Å². The Bertz CT molecular complexity index is 714. The monoisotopic (exact) mass is 312 g/mol. The average molecular weight is 312 g/mol. The van der Waals surface area contributed by atoms with Gasteiger partial charge in [0.2, 0.25) is 0 Å². The molecule has 21 heavy (non-hydrogen) atoms. The van der Waals surface area contributed by atoms with Crippen LogP contribution in [-0.2, 0) is 16.6 Å². The van der Waals surface area contributed by atoms with Crippen LogP contribution in [-0.4, -0.2) is 25.7 Å². The maximum absolute atomic E-state index is 13.2. The molecule has 1 unspecified atom stereocenters. The molecule has 0 bridgehead atoms. The van der Waals surface area contributed by atoms with Crippen LogP contribution in [0.4, 0.5) is 4.39 Å². The van der Waals surface area contributed by atoms with Crippen molar-refractivity contribution in [1.29, 1.82) is 0 Å². The SMILES string of the molecule is CNCc1cn[nH]c1S(=O)(=O)NC(C)c1cccc(F)c1. The molecule has 2 aromatic rings. The average Bonchev–Trinajstić information content (AvgIpc) is 2.88. The van der Waals surface area contributed by atoms with Crippen molar-refractivity contribution in [2.45, 2.75) is 24.5 Å². The minimum Gasteiger partial charge on any atom is -0.316 e. The van der Waals surface area contributed by atoms with Crippen molar-refractivity contribution in [3.05, 3.63) is 47.4 Å². The van der Waals surface area contributed by atoms with Crippen molar-refractivity contribution < 1.29 is 12.8 Å². The van der Waals surface area contributed by atoms with E-state index in [4.69, 9.17) is 0 Å². The van der Waals surface area contributed by atoms with Gasteiger partial charge in [-0.2, -0.15) is 5.10 Å². The molecule has 8 heteroatoms. The first-order valence-corrected chi connectivity index (χ1v) is 7.87. The number of hydrogen-bond acceptors (Lipinski definition) is 4. The Hall–Kier alpha value is -1.77. The lowest BCUT2D eigenvalue weighted by molar-refractivity contribution is 0.558. The topological polar surface area (TPSA) is 86.9 Å². The smallest absolute Gasteiger partial charge is 0.258 e. The summed E-state index contributed by atoms with van der Waals surface area (Å²) in [7, 11) is -2.05. The zero-order chi connectivity index (χ0) is 15.5. The summed E-state index contributed by atoms with van der Waals surface area (Å²) in [5, 5.41) is 9.13. The van der Waals surface area contributed by atoms with Crippen LogP contribution >= 0.6 is 0 Å². The molecule has 1 aromatic carbocycles. The molecule has 0 aliphatic rings. The summed E-state index contributed by atoms with van der Waals surface area (Å²) in [4.78, 5) is 0. The Morgan fingerprint density at radius 2 is 2.19 bits per heavy atom.